The third-order valence-corrected chi connectivity index (χ3v) is 6.55. The Kier molecular flexibility index (Phi) is 8.57. The molecular weight excluding hydrogens is 491 g/mol. The number of amides is 1. The number of nitrogens with one attached hydrogen (secondary N) is 3. The summed E-state index contributed by atoms with van der Waals surface area (Å²) in [6.07, 6.45) is 4.70. The smallest absolute Gasteiger partial charge is 0.227 e. The Hall–Kier alpha value is -3.41. The van der Waals surface area contributed by atoms with Crippen LogP contribution in [0.25, 0.3) is 22.6 Å². The summed E-state index contributed by atoms with van der Waals surface area (Å²) in [6, 6.07) is 7.96. The summed E-state index contributed by atoms with van der Waals surface area (Å²) in [7, 11) is 1.67. The average Bonchev–Trinajstić information content (AvgIpc) is 3.68. The Bertz CT molecular complexity index is 1210. The van der Waals surface area contributed by atoms with Gasteiger partial charge < -0.3 is 29.8 Å². The summed E-state index contributed by atoms with van der Waals surface area (Å²) >= 11 is 0. The SMILES string of the molecule is COCCCNc1nccc(-c2[nH]c(CC3OCC(C(=O)NCC4CC4)CO3)nc2-c2ccc(F)cc2)n1. The maximum Gasteiger partial charge on any atom is 0.227 e. The molecule has 0 spiro atoms. The molecule has 0 bridgehead atoms. The van der Waals surface area contributed by atoms with Crippen LogP contribution < -0.4 is 10.6 Å². The van der Waals surface area contributed by atoms with Crippen LogP contribution in [0.3, 0.4) is 0 Å². The first kappa shape index (κ1) is 26.2. The average molecular weight is 525 g/mol. The van der Waals surface area contributed by atoms with Crippen LogP contribution in [-0.2, 0) is 25.4 Å². The molecule has 3 N–H and O–H groups in total. The second-order valence-corrected chi connectivity index (χ2v) is 9.64. The molecule has 11 heteroatoms. The summed E-state index contributed by atoms with van der Waals surface area (Å²) in [6.45, 7) is 2.63. The molecule has 0 atom stereocenters. The van der Waals surface area contributed by atoms with Crippen LogP contribution >= 0.6 is 0 Å². The summed E-state index contributed by atoms with van der Waals surface area (Å²) in [5.74, 6) is 1.08. The molecule has 1 saturated carbocycles. The zero-order chi connectivity index (χ0) is 26.3. The molecule has 2 aliphatic rings. The van der Waals surface area contributed by atoms with Crippen LogP contribution in [-0.4, -0.2) is 72.2 Å². The number of anilines is 1. The highest BCUT2D eigenvalue weighted by atomic mass is 19.1. The van der Waals surface area contributed by atoms with Gasteiger partial charge in [-0.3, -0.25) is 4.79 Å². The van der Waals surface area contributed by atoms with Crippen molar-refractivity contribution in [2.75, 3.05) is 45.3 Å². The third-order valence-electron chi connectivity index (χ3n) is 6.55. The zero-order valence-corrected chi connectivity index (χ0v) is 21.4. The predicted octanol–water partition coefficient (Wildman–Crippen LogP) is 3.18. The number of nitrogens with zero attached hydrogens (tertiary/aromatic N) is 3. The number of ether oxygens (including phenoxy) is 3. The minimum atomic E-state index is -0.536. The maximum absolute atomic E-state index is 13.6. The van der Waals surface area contributed by atoms with E-state index in [1.807, 2.05) is 0 Å². The van der Waals surface area contributed by atoms with Gasteiger partial charge in [0.25, 0.3) is 0 Å². The highest BCUT2D eigenvalue weighted by Crippen LogP contribution is 2.31. The summed E-state index contributed by atoms with van der Waals surface area (Å²) in [5, 5.41) is 6.19. The monoisotopic (exact) mass is 524 g/mol. The van der Waals surface area contributed by atoms with Crippen molar-refractivity contribution < 1.29 is 23.4 Å². The van der Waals surface area contributed by atoms with Gasteiger partial charge in [0.1, 0.15) is 11.6 Å². The van der Waals surface area contributed by atoms with E-state index in [4.69, 9.17) is 19.2 Å². The van der Waals surface area contributed by atoms with Gasteiger partial charge in [-0.05, 0) is 55.5 Å². The number of carbonyl (C=O) groups excluding carboxylic acids is 1. The number of H-pyrrole nitrogens is 1. The molecular formula is C27H33FN6O4. The Morgan fingerprint density at radius 3 is 2.68 bits per heavy atom. The van der Waals surface area contributed by atoms with Crippen molar-refractivity contribution in [3.05, 3.63) is 48.2 Å². The van der Waals surface area contributed by atoms with Crippen LogP contribution in [0, 0.1) is 17.7 Å². The van der Waals surface area contributed by atoms with Gasteiger partial charge >= 0.3 is 0 Å². The van der Waals surface area contributed by atoms with E-state index < -0.39 is 6.29 Å². The standard InChI is InChI=1S/C27H33FN6O4/c1-36-12-2-10-29-27-30-11-9-21(32-27)25-24(18-5-7-20(28)8-6-18)33-22(34-25)13-23-37-15-19(16-38-23)26(35)31-14-17-3-4-17/h5-9,11,17,19,23H,2-4,10,12-16H2,1H3,(H,31,35)(H,33,34)(H,29,30,32). The van der Waals surface area contributed by atoms with Crippen molar-refractivity contribution in [2.24, 2.45) is 11.8 Å². The minimum Gasteiger partial charge on any atom is -0.385 e. The number of aromatic nitrogens is 4. The zero-order valence-electron chi connectivity index (χ0n) is 21.4. The van der Waals surface area contributed by atoms with Gasteiger partial charge in [-0.15, -0.1) is 0 Å². The fourth-order valence-electron chi connectivity index (χ4n) is 4.20. The number of aromatic amines is 1. The van der Waals surface area contributed by atoms with Gasteiger partial charge in [0, 0.05) is 38.6 Å². The van der Waals surface area contributed by atoms with Crippen molar-refractivity contribution in [3.8, 4) is 22.6 Å². The molecule has 1 saturated heterocycles. The number of benzene rings is 1. The Morgan fingerprint density at radius 1 is 1.16 bits per heavy atom. The lowest BCUT2D eigenvalue weighted by Gasteiger charge is -2.28. The van der Waals surface area contributed by atoms with E-state index in [0.29, 0.717) is 67.6 Å². The van der Waals surface area contributed by atoms with Crippen molar-refractivity contribution >= 4 is 11.9 Å². The van der Waals surface area contributed by atoms with Gasteiger partial charge in [-0.2, -0.15) is 0 Å². The Morgan fingerprint density at radius 2 is 1.95 bits per heavy atom. The van der Waals surface area contributed by atoms with Gasteiger partial charge in [-0.25, -0.2) is 19.3 Å². The second-order valence-electron chi connectivity index (χ2n) is 9.64. The molecule has 1 aromatic carbocycles. The number of imidazole rings is 1. The van der Waals surface area contributed by atoms with Crippen LogP contribution in [0.4, 0.5) is 10.3 Å². The molecule has 5 rings (SSSR count). The van der Waals surface area contributed by atoms with Crippen LogP contribution in [0.2, 0.25) is 0 Å². The highest BCUT2D eigenvalue weighted by molar-refractivity contribution is 5.79. The van der Waals surface area contributed by atoms with Crippen LogP contribution in [0.15, 0.2) is 36.5 Å². The largest absolute Gasteiger partial charge is 0.385 e. The number of methoxy groups -OCH3 is 1. The van der Waals surface area contributed by atoms with Crippen molar-refractivity contribution in [1.29, 1.82) is 0 Å². The minimum absolute atomic E-state index is 0.0235. The van der Waals surface area contributed by atoms with Crippen LogP contribution in [0.1, 0.15) is 25.1 Å². The topological polar surface area (TPSA) is 123 Å². The molecule has 3 heterocycles. The highest BCUT2D eigenvalue weighted by Gasteiger charge is 2.30. The summed E-state index contributed by atoms with van der Waals surface area (Å²) < 4.78 is 30.4. The molecule has 2 aromatic heterocycles. The molecule has 3 aromatic rings. The Labute approximate surface area is 220 Å². The fraction of sp³-hybridized carbons (Fsp3) is 0.481. The normalized spacial score (nSPS) is 19.3. The summed E-state index contributed by atoms with van der Waals surface area (Å²) in [4.78, 5) is 29.5. The van der Waals surface area contributed by atoms with Crippen molar-refractivity contribution in [2.45, 2.75) is 32.0 Å². The molecule has 38 heavy (non-hydrogen) atoms. The molecule has 1 amide bonds. The number of hydrogen-bond donors (Lipinski definition) is 3. The lowest BCUT2D eigenvalue weighted by atomic mass is 10.1. The van der Waals surface area contributed by atoms with E-state index in [-0.39, 0.29) is 17.6 Å². The van der Waals surface area contributed by atoms with E-state index in [1.165, 1.54) is 25.0 Å². The molecule has 1 aliphatic carbocycles. The van der Waals surface area contributed by atoms with E-state index in [0.717, 1.165) is 18.5 Å². The number of halogens is 1. The molecule has 10 nitrogen and oxygen atoms in total. The number of rotatable bonds is 12. The van der Waals surface area contributed by atoms with Gasteiger partial charge in [0.2, 0.25) is 11.9 Å². The van der Waals surface area contributed by atoms with E-state index >= 15 is 0 Å². The third kappa shape index (κ3) is 6.91. The maximum atomic E-state index is 13.6. The van der Waals surface area contributed by atoms with Crippen LogP contribution in [0.5, 0.6) is 0 Å². The lowest BCUT2D eigenvalue weighted by Crippen LogP contribution is -2.43. The summed E-state index contributed by atoms with van der Waals surface area (Å²) in [5.41, 5.74) is 2.71. The first-order chi connectivity index (χ1) is 18.6. The molecule has 202 valence electrons. The van der Waals surface area contributed by atoms with Crippen molar-refractivity contribution in [3.63, 3.8) is 0 Å². The van der Waals surface area contributed by atoms with Gasteiger partial charge in [0.05, 0.1) is 42.6 Å². The van der Waals surface area contributed by atoms with Gasteiger partial charge in [-0.1, -0.05) is 0 Å². The first-order valence-corrected chi connectivity index (χ1v) is 13.0. The van der Waals surface area contributed by atoms with E-state index in [1.54, 1.807) is 31.5 Å². The molecule has 0 unspecified atom stereocenters. The molecule has 1 aliphatic heterocycles. The molecule has 0 radical (unpaired) electrons. The van der Waals surface area contributed by atoms with Gasteiger partial charge in [0.15, 0.2) is 6.29 Å². The van der Waals surface area contributed by atoms with E-state index in [9.17, 15) is 9.18 Å². The Balaban J connectivity index is 1.29. The second kappa shape index (κ2) is 12.4. The quantitative estimate of drug-likeness (QED) is 0.309. The lowest BCUT2D eigenvalue weighted by molar-refractivity contribution is -0.200. The van der Waals surface area contributed by atoms with E-state index in [2.05, 4.69) is 25.6 Å². The number of hydrogen-bond acceptors (Lipinski definition) is 8. The first-order valence-electron chi connectivity index (χ1n) is 13.0. The fourth-order valence-corrected chi connectivity index (χ4v) is 4.20. The predicted molar refractivity (Wildman–Crippen MR) is 139 cm³/mol. The van der Waals surface area contributed by atoms with Crippen molar-refractivity contribution in [1.82, 2.24) is 25.3 Å². The number of carbonyl (C=O) groups is 1. The molecule has 2 fully saturated rings.